The zero-order valence-electron chi connectivity index (χ0n) is 23.5. The fourth-order valence-corrected chi connectivity index (χ4v) is 3.63. The summed E-state index contributed by atoms with van der Waals surface area (Å²) in [6.45, 7) is 9.98. The summed E-state index contributed by atoms with van der Waals surface area (Å²) in [6.07, 6.45) is -0.697. The molecular formula is C30H30N4O7. The first-order valence-corrected chi connectivity index (χ1v) is 12.7. The minimum atomic E-state index is -1.07. The van der Waals surface area contributed by atoms with Gasteiger partial charge in [-0.15, -0.1) is 0 Å². The Kier molecular flexibility index (Phi) is 7.91. The van der Waals surface area contributed by atoms with E-state index in [1.165, 1.54) is 18.3 Å². The van der Waals surface area contributed by atoms with E-state index in [0.29, 0.717) is 21.9 Å². The van der Waals surface area contributed by atoms with Gasteiger partial charge in [0.1, 0.15) is 16.9 Å². The molecule has 2 aromatic carbocycles. The predicted molar refractivity (Wildman–Crippen MR) is 150 cm³/mol. The molecule has 0 atom stereocenters. The molecule has 0 aliphatic rings. The Bertz CT molecular complexity index is 1540. The monoisotopic (exact) mass is 558 g/mol. The van der Waals surface area contributed by atoms with E-state index in [-0.39, 0.29) is 22.8 Å². The molecule has 2 heterocycles. The van der Waals surface area contributed by atoms with E-state index in [4.69, 9.17) is 14.0 Å². The smallest absolute Gasteiger partial charge is 0.425 e. The number of aromatic carboxylic acids is 1. The molecule has 0 fully saturated rings. The highest BCUT2D eigenvalue weighted by Crippen LogP contribution is 2.34. The highest BCUT2D eigenvalue weighted by Gasteiger charge is 2.36. The van der Waals surface area contributed by atoms with Crippen LogP contribution in [0.15, 0.2) is 71.4 Å². The lowest BCUT2D eigenvalue weighted by Gasteiger charge is -2.28. The quantitative estimate of drug-likeness (QED) is 0.276. The van der Waals surface area contributed by atoms with Crippen molar-refractivity contribution in [3.63, 3.8) is 0 Å². The van der Waals surface area contributed by atoms with E-state index < -0.39 is 29.4 Å². The summed E-state index contributed by atoms with van der Waals surface area (Å²) < 4.78 is 16.7. The number of amides is 2. The van der Waals surface area contributed by atoms with Crippen molar-refractivity contribution in [2.24, 2.45) is 0 Å². The molecule has 2 amide bonds. The molecule has 0 radical (unpaired) electrons. The zero-order valence-corrected chi connectivity index (χ0v) is 23.5. The van der Waals surface area contributed by atoms with Crippen molar-refractivity contribution in [1.82, 2.24) is 15.1 Å². The van der Waals surface area contributed by atoms with Crippen molar-refractivity contribution in [1.29, 1.82) is 0 Å². The predicted octanol–water partition coefficient (Wildman–Crippen LogP) is 6.84. The third kappa shape index (κ3) is 7.13. The normalized spacial score (nSPS) is 11.6. The third-order valence-corrected chi connectivity index (χ3v) is 5.36. The number of carbonyl (C=O) groups excluding carboxylic acids is 2. The molecule has 0 aliphatic carbocycles. The molecule has 0 unspecified atom stereocenters. The molecule has 0 spiro atoms. The first-order valence-electron chi connectivity index (χ1n) is 12.7. The maximum Gasteiger partial charge on any atom is 0.425 e. The molecule has 1 N–H and O–H groups in total. The van der Waals surface area contributed by atoms with Gasteiger partial charge in [0.25, 0.3) is 0 Å². The summed E-state index contributed by atoms with van der Waals surface area (Å²) in [6, 6.07) is 16.9. The van der Waals surface area contributed by atoms with E-state index in [9.17, 15) is 19.5 Å². The summed E-state index contributed by atoms with van der Waals surface area (Å²) in [7, 11) is 0. The first kappa shape index (κ1) is 28.9. The lowest BCUT2D eigenvalue weighted by atomic mass is 10.1. The number of hydrogen-bond acceptors (Lipinski definition) is 9. The summed E-state index contributed by atoms with van der Waals surface area (Å²) in [5.74, 6) is -1.15. The maximum absolute atomic E-state index is 13.4. The van der Waals surface area contributed by atoms with Gasteiger partial charge in [0.15, 0.2) is 17.3 Å². The Labute approximate surface area is 236 Å². The lowest BCUT2D eigenvalue weighted by Crippen LogP contribution is -2.44. The molecule has 212 valence electrons. The van der Waals surface area contributed by atoms with Gasteiger partial charge in [-0.3, -0.25) is 0 Å². The highest BCUT2D eigenvalue weighted by atomic mass is 16.6. The van der Waals surface area contributed by atoms with Gasteiger partial charge in [-0.25, -0.2) is 24.4 Å². The highest BCUT2D eigenvalue weighted by molar-refractivity contribution is 6.10. The number of carbonyl (C=O) groups is 3. The van der Waals surface area contributed by atoms with E-state index >= 15 is 0 Å². The van der Waals surface area contributed by atoms with Gasteiger partial charge < -0.3 is 19.1 Å². The molecule has 0 aliphatic heterocycles. The summed E-state index contributed by atoms with van der Waals surface area (Å²) in [5.41, 5.74) is 0.357. The minimum Gasteiger partial charge on any atom is -0.478 e. The van der Waals surface area contributed by atoms with Crippen molar-refractivity contribution >= 4 is 24.0 Å². The molecular weight excluding hydrogens is 528 g/mol. The number of rotatable bonds is 5. The van der Waals surface area contributed by atoms with Gasteiger partial charge in [0.05, 0.1) is 17.5 Å². The van der Waals surface area contributed by atoms with Crippen molar-refractivity contribution in [3.05, 3.63) is 72.4 Å². The summed E-state index contributed by atoms with van der Waals surface area (Å²) in [4.78, 5) is 47.9. The zero-order chi connectivity index (χ0) is 29.9. The third-order valence-electron chi connectivity index (χ3n) is 5.36. The van der Waals surface area contributed by atoms with E-state index in [1.54, 1.807) is 59.7 Å². The fraction of sp³-hybridized carbons (Fsp3) is 0.267. The summed E-state index contributed by atoms with van der Waals surface area (Å²) >= 11 is 0. The van der Waals surface area contributed by atoms with Crippen molar-refractivity contribution < 1.29 is 33.5 Å². The van der Waals surface area contributed by atoms with Crippen LogP contribution in [0.1, 0.15) is 51.9 Å². The second kappa shape index (κ2) is 11.2. The Morgan fingerprint density at radius 1 is 0.805 bits per heavy atom. The van der Waals surface area contributed by atoms with Crippen LogP contribution in [0.3, 0.4) is 0 Å². The lowest BCUT2D eigenvalue weighted by molar-refractivity contribution is 0.0428. The van der Waals surface area contributed by atoms with Crippen LogP contribution in [-0.2, 0) is 9.47 Å². The van der Waals surface area contributed by atoms with E-state index in [2.05, 4.69) is 15.1 Å². The Morgan fingerprint density at radius 2 is 1.37 bits per heavy atom. The van der Waals surface area contributed by atoms with Gasteiger partial charge in [-0.1, -0.05) is 47.6 Å². The summed E-state index contributed by atoms with van der Waals surface area (Å²) in [5, 5.41) is 13.4. The number of hydrogen-bond donors (Lipinski definition) is 1. The molecule has 0 saturated carbocycles. The topological polar surface area (TPSA) is 145 Å². The van der Waals surface area contributed by atoms with Gasteiger partial charge >= 0.3 is 18.2 Å². The minimum absolute atomic E-state index is 0.0104. The number of carboxylic acids is 1. The molecule has 0 saturated heterocycles. The van der Waals surface area contributed by atoms with Crippen LogP contribution in [-0.4, -0.2) is 49.6 Å². The fourth-order valence-electron chi connectivity index (χ4n) is 3.63. The van der Waals surface area contributed by atoms with Gasteiger partial charge in [0, 0.05) is 17.2 Å². The number of nitrogens with zero attached hydrogens (tertiary/aromatic N) is 4. The SMILES string of the molecule is CC(C)(C)OC(=O)N(C(=O)OC(C)(C)C)c1ncc(-c2ccc(C(=O)O)cc2)nc1-c1cc(-c2ccccc2)no1. The van der Waals surface area contributed by atoms with Crippen molar-refractivity contribution in [2.45, 2.75) is 52.7 Å². The number of carboxylic acid groups (broad SMARTS) is 1. The number of ether oxygens (including phenoxy) is 2. The molecule has 0 bridgehead atoms. The van der Waals surface area contributed by atoms with Crippen LogP contribution in [0.25, 0.3) is 34.0 Å². The second-order valence-corrected chi connectivity index (χ2v) is 11.0. The molecule has 41 heavy (non-hydrogen) atoms. The molecule has 4 rings (SSSR count). The van der Waals surface area contributed by atoms with Crippen LogP contribution in [0.4, 0.5) is 15.4 Å². The average molecular weight is 559 g/mol. The molecule has 11 nitrogen and oxygen atoms in total. The number of anilines is 1. The van der Waals surface area contributed by atoms with Crippen molar-refractivity contribution in [2.75, 3.05) is 4.90 Å². The van der Waals surface area contributed by atoms with Crippen LogP contribution in [0.5, 0.6) is 0 Å². The number of imide groups is 1. The molecule has 2 aromatic heterocycles. The first-order chi connectivity index (χ1) is 19.2. The molecule has 11 heteroatoms. The van der Waals surface area contributed by atoms with E-state index in [0.717, 1.165) is 5.56 Å². The van der Waals surface area contributed by atoms with Crippen LogP contribution in [0.2, 0.25) is 0 Å². The number of benzene rings is 2. The maximum atomic E-state index is 13.4. The standard InChI is InChI=1S/C30H30N4O7/c1-29(2,3)39-27(37)34(28(38)40-30(4,5)6)25-24(23-16-21(33-41-23)18-10-8-7-9-11-18)32-22(17-31-25)19-12-14-20(15-13-19)26(35)36/h7-17H,1-6H3,(H,35,36). The Hall–Kier alpha value is -5.06. The van der Waals surface area contributed by atoms with Gasteiger partial charge in [-0.2, -0.15) is 4.90 Å². The van der Waals surface area contributed by atoms with Crippen LogP contribution in [0, 0.1) is 0 Å². The number of aromatic nitrogens is 3. The van der Waals surface area contributed by atoms with Gasteiger partial charge in [-0.05, 0) is 53.7 Å². The van der Waals surface area contributed by atoms with Gasteiger partial charge in [0.2, 0.25) is 0 Å². The Morgan fingerprint density at radius 3 is 1.90 bits per heavy atom. The van der Waals surface area contributed by atoms with Crippen LogP contribution < -0.4 is 4.90 Å². The average Bonchev–Trinajstić information content (AvgIpc) is 3.38. The van der Waals surface area contributed by atoms with E-state index in [1.807, 2.05) is 30.3 Å². The van der Waals surface area contributed by atoms with Crippen LogP contribution >= 0.6 is 0 Å². The second-order valence-electron chi connectivity index (χ2n) is 11.0. The Balaban J connectivity index is 1.89. The molecule has 4 aromatic rings. The van der Waals surface area contributed by atoms with Crippen molar-refractivity contribution in [3.8, 4) is 34.0 Å². The largest absolute Gasteiger partial charge is 0.478 e.